The maximum absolute atomic E-state index is 10.5. The molecule has 0 aliphatic rings. The van der Waals surface area contributed by atoms with Gasteiger partial charge in [0.25, 0.3) is 0 Å². The van der Waals surface area contributed by atoms with E-state index in [9.17, 15) is 4.79 Å². The lowest BCUT2D eigenvalue weighted by molar-refractivity contribution is -0.143. The number of hydrogen-bond donors (Lipinski definition) is 1. The lowest BCUT2D eigenvalue weighted by Gasteiger charge is -1.97. The lowest BCUT2D eigenvalue weighted by Crippen LogP contribution is -2.03. The molecule has 3 nitrogen and oxygen atoms in total. The van der Waals surface area contributed by atoms with Crippen molar-refractivity contribution in [1.29, 1.82) is 0 Å². The van der Waals surface area contributed by atoms with Crippen molar-refractivity contribution in [2.45, 2.75) is 26.7 Å². The Labute approximate surface area is 97.1 Å². The number of aliphatic hydroxyl groups is 1. The molecule has 90 valence electrons. The summed E-state index contributed by atoms with van der Waals surface area (Å²) in [5.41, 5.74) is 1.32. The molecule has 1 N–H and O–H groups in total. The molecule has 0 amide bonds. The molecule has 0 atom stereocenters. The van der Waals surface area contributed by atoms with Crippen molar-refractivity contribution < 1.29 is 14.6 Å². The normalized spacial score (nSPS) is 8.94. The van der Waals surface area contributed by atoms with Gasteiger partial charge in [-0.25, -0.2) is 0 Å². The molecule has 0 heterocycles. The first kappa shape index (κ1) is 14.6. The number of esters is 1. The number of carbonyl (C=O) groups is 1. The molecule has 0 unspecified atom stereocenters. The second kappa shape index (κ2) is 10.2. The third-order valence-corrected chi connectivity index (χ3v) is 1.78. The summed E-state index contributed by atoms with van der Waals surface area (Å²) in [6.45, 7) is 4.32. The van der Waals surface area contributed by atoms with E-state index in [4.69, 9.17) is 5.11 Å². The van der Waals surface area contributed by atoms with E-state index in [1.807, 2.05) is 18.2 Å². The Morgan fingerprint density at radius 3 is 2.31 bits per heavy atom. The minimum atomic E-state index is -0.230. The highest BCUT2D eigenvalue weighted by molar-refractivity contribution is 5.69. The van der Waals surface area contributed by atoms with Crippen molar-refractivity contribution in [1.82, 2.24) is 0 Å². The average Bonchev–Trinajstić information content (AvgIpc) is 2.29. The molecular weight excluding hydrogens is 204 g/mol. The Bertz CT molecular complexity index is 270. The van der Waals surface area contributed by atoms with Crippen molar-refractivity contribution in [2.75, 3.05) is 13.2 Å². The Morgan fingerprint density at radius 2 is 1.94 bits per heavy atom. The zero-order chi connectivity index (χ0) is 12.2. The number of ether oxygens (including phenoxy) is 1. The van der Waals surface area contributed by atoms with Crippen LogP contribution in [0.25, 0.3) is 0 Å². The molecule has 0 aliphatic heterocycles. The summed E-state index contributed by atoms with van der Waals surface area (Å²) < 4.78 is 4.59. The minimum Gasteiger partial charge on any atom is -0.466 e. The van der Waals surface area contributed by atoms with Crippen molar-refractivity contribution in [3.05, 3.63) is 35.9 Å². The van der Waals surface area contributed by atoms with Gasteiger partial charge in [-0.05, 0) is 20.3 Å². The fraction of sp³-hybridized carbons (Fsp3) is 0.462. The second-order valence-corrected chi connectivity index (χ2v) is 3.29. The third-order valence-electron chi connectivity index (χ3n) is 1.78. The first-order valence-corrected chi connectivity index (χ1v) is 5.48. The van der Waals surface area contributed by atoms with Crippen LogP contribution in [0.5, 0.6) is 0 Å². The highest BCUT2D eigenvalue weighted by atomic mass is 16.5. The Morgan fingerprint density at radius 1 is 1.31 bits per heavy atom. The topological polar surface area (TPSA) is 46.5 Å². The molecule has 0 bridgehead atoms. The fourth-order valence-electron chi connectivity index (χ4n) is 0.991. The number of benzene rings is 1. The molecule has 3 heteroatoms. The minimum absolute atomic E-state index is 0.0544. The van der Waals surface area contributed by atoms with Gasteiger partial charge < -0.3 is 9.84 Å². The van der Waals surface area contributed by atoms with Gasteiger partial charge in [0.2, 0.25) is 0 Å². The van der Waals surface area contributed by atoms with Crippen molar-refractivity contribution in [2.24, 2.45) is 0 Å². The van der Waals surface area contributed by atoms with Crippen LogP contribution >= 0.6 is 0 Å². The van der Waals surface area contributed by atoms with Gasteiger partial charge in [0, 0.05) is 13.0 Å². The highest BCUT2D eigenvalue weighted by Gasteiger charge is 1.97. The van der Waals surface area contributed by atoms with Crippen molar-refractivity contribution >= 4 is 5.97 Å². The quantitative estimate of drug-likeness (QED) is 0.798. The molecule has 1 rings (SSSR count). The molecule has 0 radical (unpaired) electrons. The molecule has 0 fully saturated rings. The molecule has 0 aliphatic carbocycles. The van der Waals surface area contributed by atoms with E-state index in [-0.39, 0.29) is 12.6 Å². The zero-order valence-corrected chi connectivity index (χ0v) is 9.98. The third kappa shape index (κ3) is 9.21. The maximum atomic E-state index is 10.5. The zero-order valence-electron chi connectivity index (χ0n) is 9.98. The van der Waals surface area contributed by atoms with E-state index in [2.05, 4.69) is 23.8 Å². The fourth-order valence-corrected chi connectivity index (χ4v) is 0.991. The smallest absolute Gasteiger partial charge is 0.305 e. The molecule has 0 saturated heterocycles. The lowest BCUT2D eigenvalue weighted by atomic mass is 10.2. The number of aryl methyl sites for hydroxylation is 1. The van der Waals surface area contributed by atoms with Gasteiger partial charge in [-0.1, -0.05) is 35.9 Å². The summed E-state index contributed by atoms with van der Waals surface area (Å²) in [7, 11) is 0. The van der Waals surface area contributed by atoms with Gasteiger partial charge >= 0.3 is 5.97 Å². The van der Waals surface area contributed by atoms with Crippen LogP contribution in [0.4, 0.5) is 0 Å². The Kier molecular flexibility index (Phi) is 9.32. The number of hydrogen-bond acceptors (Lipinski definition) is 3. The van der Waals surface area contributed by atoms with Crippen LogP contribution < -0.4 is 0 Å². The average molecular weight is 224 g/mol. The van der Waals surface area contributed by atoms with Gasteiger partial charge in [0.05, 0.1) is 6.61 Å². The van der Waals surface area contributed by atoms with Crippen LogP contribution in [0.1, 0.15) is 25.3 Å². The molecule has 1 aromatic rings. The van der Waals surface area contributed by atoms with E-state index >= 15 is 0 Å². The summed E-state index contributed by atoms with van der Waals surface area (Å²) in [6.07, 6.45) is 0.823. The van der Waals surface area contributed by atoms with Crippen LogP contribution in [-0.4, -0.2) is 24.3 Å². The molecular formula is C13H20O3. The number of aliphatic hydroxyl groups excluding tert-OH is 1. The van der Waals surface area contributed by atoms with Crippen LogP contribution in [0, 0.1) is 6.92 Å². The van der Waals surface area contributed by atoms with Crippen LogP contribution in [0.15, 0.2) is 30.3 Å². The van der Waals surface area contributed by atoms with E-state index in [0.717, 1.165) is 0 Å². The van der Waals surface area contributed by atoms with E-state index in [1.54, 1.807) is 6.92 Å². The molecule has 0 spiro atoms. The van der Waals surface area contributed by atoms with Crippen LogP contribution in [-0.2, 0) is 9.53 Å². The van der Waals surface area contributed by atoms with Crippen LogP contribution in [0.3, 0.4) is 0 Å². The summed E-state index contributed by atoms with van der Waals surface area (Å²) in [4.78, 5) is 10.5. The van der Waals surface area contributed by atoms with Crippen molar-refractivity contribution in [3.63, 3.8) is 0 Å². The maximum Gasteiger partial charge on any atom is 0.305 e. The van der Waals surface area contributed by atoms with Gasteiger partial charge in [0.15, 0.2) is 0 Å². The Balaban J connectivity index is 0.000000288. The molecule has 0 saturated carbocycles. The van der Waals surface area contributed by atoms with Gasteiger partial charge in [-0.3, -0.25) is 4.79 Å². The van der Waals surface area contributed by atoms with Gasteiger partial charge in [-0.2, -0.15) is 0 Å². The summed E-state index contributed by atoms with van der Waals surface area (Å²) in [5, 5.41) is 8.28. The SMILES string of the molecule is CCOC(=O)CCCO.Cc1ccccc1. The molecule has 16 heavy (non-hydrogen) atoms. The van der Waals surface area contributed by atoms with Gasteiger partial charge in [-0.15, -0.1) is 0 Å². The van der Waals surface area contributed by atoms with E-state index < -0.39 is 0 Å². The predicted octanol–water partition coefficient (Wildman–Crippen LogP) is 2.32. The van der Waals surface area contributed by atoms with E-state index in [0.29, 0.717) is 19.4 Å². The molecule has 0 aromatic heterocycles. The first-order chi connectivity index (χ1) is 7.70. The molecule has 1 aromatic carbocycles. The van der Waals surface area contributed by atoms with Crippen molar-refractivity contribution in [3.8, 4) is 0 Å². The standard InChI is InChI=1S/C7H8.C6H12O3/c1-7-5-3-2-4-6-7;1-2-9-6(8)4-3-5-7/h2-6H,1H3;7H,2-5H2,1H3. The summed E-state index contributed by atoms with van der Waals surface area (Å²) >= 11 is 0. The highest BCUT2D eigenvalue weighted by Crippen LogP contribution is 1.92. The summed E-state index contributed by atoms with van der Waals surface area (Å²) in [6, 6.07) is 10.3. The number of carbonyl (C=O) groups excluding carboxylic acids is 1. The number of rotatable bonds is 4. The largest absolute Gasteiger partial charge is 0.466 e. The first-order valence-electron chi connectivity index (χ1n) is 5.48. The van der Waals surface area contributed by atoms with Gasteiger partial charge in [0.1, 0.15) is 0 Å². The summed E-state index contributed by atoms with van der Waals surface area (Å²) in [5.74, 6) is -0.230. The Hall–Kier alpha value is -1.35. The monoisotopic (exact) mass is 224 g/mol. The second-order valence-electron chi connectivity index (χ2n) is 3.29. The predicted molar refractivity (Wildman–Crippen MR) is 64.1 cm³/mol. The van der Waals surface area contributed by atoms with Crippen LogP contribution in [0.2, 0.25) is 0 Å². The van der Waals surface area contributed by atoms with E-state index in [1.165, 1.54) is 5.56 Å².